The molecule has 27 heavy (non-hydrogen) atoms. The number of aliphatic hydroxyl groups excluding tert-OH is 1. The molecule has 0 amide bonds. The summed E-state index contributed by atoms with van der Waals surface area (Å²) in [7, 11) is -1.29. The van der Waals surface area contributed by atoms with E-state index in [2.05, 4.69) is 40.9 Å². The molecule has 5 heteroatoms. The SMILES string of the molecule is CC(O)C1=CC=CS1(c1ccc2c(cnn2-c2ccc(F)cc2)c1)C1CC1. The molecule has 1 fully saturated rings. The average molecular weight is 380 g/mol. The predicted octanol–water partition coefficient (Wildman–Crippen LogP) is 5.28. The van der Waals surface area contributed by atoms with Crippen LogP contribution in [-0.2, 0) is 0 Å². The van der Waals surface area contributed by atoms with Gasteiger partial charge in [0.2, 0.25) is 0 Å². The summed E-state index contributed by atoms with van der Waals surface area (Å²) in [5, 5.41) is 18.9. The second-order valence-corrected chi connectivity index (χ2v) is 10.5. The molecular weight excluding hydrogens is 359 g/mol. The fraction of sp³-hybridized carbons (Fsp3) is 0.227. The van der Waals surface area contributed by atoms with E-state index in [0.717, 1.165) is 21.5 Å². The number of fused-ring (bicyclic) bond motifs is 1. The number of aromatic nitrogens is 2. The molecule has 0 radical (unpaired) electrons. The summed E-state index contributed by atoms with van der Waals surface area (Å²) in [5.74, 6) is -0.252. The molecule has 0 spiro atoms. The molecule has 1 aliphatic carbocycles. The van der Waals surface area contributed by atoms with E-state index >= 15 is 0 Å². The van der Waals surface area contributed by atoms with Gasteiger partial charge in [0.15, 0.2) is 0 Å². The van der Waals surface area contributed by atoms with Crippen LogP contribution < -0.4 is 0 Å². The number of hydrogen-bond donors (Lipinski definition) is 1. The average Bonchev–Trinajstić information content (AvgIpc) is 3.28. The number of aliphatic hydroxyl groups is 1. The van der Waals surface area contributed by atoms with E-state index in [1.807, 2.05) is 17.8 Å². The highest BCUT2D eigenvalue weighted by Crippen LogP contribution is 2.75. The Balaban J connectivity index is 1.62. The number of allylic oxidation sites excluding steroid dienone is 2. The second-order valence-electron chi connectivity index (χ2n) is 7.24. The minimum Gasteiger partial charge on any atom is -0.388 e. The molecule has 0 bridgehead atoms. The minimum absolute atomic E-state index is 0.252. The molecule has 2 aliphatic rings. The van der Waals surface area contributed by atoms with Gasteiger partial charge in [-0.3, -0.25) is 0 Å². The fourth-order valence-corrected chi connectivity index (χ4v) is 8.30. The lowest BCUT2D eigenvalue weighted by atomic mass is 10.2. The highest BCUT2D eigenvalue weighted by molar-refractivity contribution is 8.40. The molecule has 2 heterocycles. The van der Waals surface area contributed by atoms with Gasteiger partial charge < -0.3 is 5.11 Å². The zero-order valence-electron chi connectivity index (χ0n) is 15.0. The Labute approximate surface area is 159 Å². The largest absolute Gasteiger partial charge is 0.388 e. The summed E-state index contributed by atoms with van der Waals surface area (Å²) in [6.07, 6.45) is 8.08. The van der Waals surface area contributed by atoms with Crippen LogP contribution in [0.1, 0.15) is 19.8 Å². The molecule has 3 nitrogen and oxygen atoms in total. The van der Waals surface area contributed by atoms with Crippen molar-refractivity contribution in [1.82, 2.24) is 9.78 Å². The molecular formula is C22H21FN2OS. The Morgan fingerprint density at radius 1 is 1.19 bits per heavy atom. The van der Waals surface area contributed by atoms with Gasteiger partial charge in [-0.25, -0.2) is 9.07 Å². The van der Waals surface area contributed by atoms with Crippen molar-refractivity contribution in [3.05, 3.63) is 76.9 Å². The fourth-order valence-electron chi connectivity index (χ4n) is 4.03. The van der Waals surface area contributed by atoms with Crippen LogP contribution >= 0.6 is 10.0 Å². The predicted molar refractivity (Wildman–Crippen MR) is 109 cm³/mol. The van der Waals surface area contributed by atoms with Crippen molar-refractivity contribution in [3.8, 4) is 5.69 Å². The molecule has 2 aromatic carbocycles. The highest BCUT2D eigenvalue weighted by Gasteiger charge is 2.45. The lowest BCUT2D eigenvalue weighted by Gasteiger charge is -2.39. The molecule has 1 saturated carbocycles. The monoisotopic (exact) mass is 380 g/mol. The number of nitrogens with zero attached hydrogens (tertiary/aromatic N) is 2. The summed E-state index contributed by atoms with van der Waals surface area (Å²) in [6, 6.07) is 12.9. The van der Waals surface area contributed by atoms with Gasteiger partial charge in [0.05, 0.1) is 23.5 Å². The van der Waals surface area contributed by atoms with E-state index in [0.29, 0.717) is 5.25 Å². The Kier molecular flexibility index (Phi) is 3.78. The molecule has 0 saturated heterocycles. The first-order valence-corrected chi connectivity index (χ1v) is 11.0. The first-order valence-electron chi connectivity index (χ1n) is 9.22. The maximum atomic E-state index is 13.2. The van der Waals surface area contributed by atoms with E-state index in [9.17, 15) is 9.50 Å². The Morgan fingerprint density at radius 2 is 1.96 bits per heavy atom. The van der Waals surface area contributed by atoms with Crippen molar-refractivity contribution in [3.63, 3.8) is 0 Å². The smallest absolute Gasteiger partial charge is 0.123 e. The molecule has 3 aromatic rings. The van der Waals surface area contributed by atoms with E-state index in [1.165, 1.54) is 29.9 Å². The third-order valence-corrected chi connectivity index (χ3v) is 9.81. The summed E-state index contributed by atoms with van der Waals surface area (Å²) >= 11 is 0. The topological polar surface area (TPSA) is 38.1 Å². The van der Waals surface area contributed by atoms with Gasteiger partial charge in [-0.05, 0) is 72.5 Å². The van der Waals surface area contributed by atoms with Crippen LogP contribution in [-0.4, -0.2) is 26.2 Å². The van der Waals surface area contributed by atoms with Crippen molar-refractivity contribution in [2.24, 2.45) is 0 Å². The lowest BCUT2D eigenvalue weighted by molar-refractivity contribution is 0.240. The van der Waals surface area contributed by atoms with Crippen LogP contribution in [0.25, 0.3) is 16.6 Å². The summed E-state index contributed by atoms with van der Waals surface area (Å²) in [4.78, 5) is 2.45. The standard InChI is InChI=1S/C22H21FN2OS/c1-15(26)22-3-2-12-27(22,19-8-9-19)20-10-11-21-16(13-20)14-24-25(21)18-6-4-17(23)5-7-18/h2-7,10-15,19,26H,8-9H2,1H3. The van der Waals surface area contributed by atoms with Gasteiger partial charge in [-0.15, -0.1) is 0 Å². The maximum Gasteiger partial charge on any atom is 0.123 e. The molecule has 5 rings (SSSR count). The third-order valence-electron chi connectivity index (χ3n) is 5.41. The normalized spacial score (nSPS) is 25.4. The first-order chi connectivity index (χ1) is 13.1. The molecule has 1 N–H and O–H groups in total. The van der Waals surface area contributed by atoms with Crippen LogP contribution in [0, 0.1) is 5.82 Å². The molecule has 1 aliphatic heterocycles. The van der Waals surface area contributed by atoms with Gasteiger partial charge in [0.1, 0.15) is 5.82 Å². The van der Waals surface area contributed by atoms with Gasteiger partial charge in [0, 0.05) is 15.5 Å². The number of hydrogen-bond acceptors (Lipinski definition) is 2. The Hall–Kier alpha value is -2.37. The van der Waals surface area contributed by atoms with Crippen LogP contribution in [0.5, 0.6) is 0 Å². The van der Waals surface area contributed by atoms with E-state index in [1.54, 1.807) is 12.1 Å². The van der Waals surface area contributed by atoms with Crippen molar-refractivity contribution >= 4 is 20.9 Å². The quantitative estimate of drug-likeness (QED) is 0.668. The Bertz CT molecular complexity index is 1080. The van der Waals surface area contributed by atoms with E-state index in [4.69, 9.17) is 0 Å². The number of halogens is 1. The van der Waals surface area contributed by atoms with Crippen LogP contribution in [0.2, 0.25) is 0 Å². The summed E-state index contributed by atoms with van der Waals surface area (Å²) < 4.78 is 15.1. The molecule has 2 unspecified atom stereocenters. The van der Waals surface area contributed by atoms with Gasteiger partial charge >= 0.3 is 0 Å². The Morgan fingerprint density at radius 3 is 2.67 bits per heavy atom. The number of benzene rings is 2. The zero-order chi connectivity index (χ0) is 18.6. The second kappa shape index (κ2) is 6.08. The minimum atomic E-state index is -1.29. The van der Waals surface area contributed by atoms with Gasteiger partial charge in [-0.1, -0.05) is 12.2 Å². The van der Waals surface area contributed by atoms with Gasteiger partial charge in [-0.2, -0.15) is 15.1 Å². The highest BCUT2D eigenvalue weighted by atomic mass is 32.3. The number of rotatable bonds is 4. The van der Waals surface area contributed by atoms with Gasteiger partial charge in [0.25, 0.3) is 0 Å². The molecule has 138 valence electrons. The molecule has 2 atom stereocenters. The van der Waals surface area contributed by atoms with Crippen LogP contribution in [0.4, 0.5) is 4.39 Å². The summed E-state index contributed by atoms with van der Waals surface area (Å²) in [5.41, 5.74) is 1.84. The third kappa shape index (κ3) is 2.57. The van der Waals surface area contributed by atoms with E-state index < -0.39 is 16.1 Å². The first kappa shape index (κ1) is 16.8. The van der Waals surface area contributed by atoms with E-state index in [-0.39, 0.29) is 5.82 Å². The van der Waals surface area contributed by atoms with Crippen molar-refractivity contribution in [2.45, 2.75) is 36.0 Å². The lowest BCUT2D eigenvalue weighted by Crippen LogP contribution is -2.14. The van der Waals surface area contributed by atoms with Crippen molar-refractivity contribution < 1.29 is 9.50 Å². The van der Waals surface area contributed by atoms with Crippen LogP contribution in [0.15, 0.2) is 76.0 Å². The van der Waals surface area contributed by atoms with Crippen molar-refractivity contribution in [1.29, 1.82) is 0 Å². The maximum absolute atomic E-state index is 13.2. The summed E-state index contributed by atoms with van der Waals surface area (Å²) in [6.45, 7) is 1.87. The van der Waals surface area contributed by atoms with Crippen LogP contribution in [0.3, 0.4) is 0 Å². The van der Waals surface area contributed by atoms with Crippen molar-refractivity contribution in [2.75, 3.05) is 0 Å². The molecule has 1 aromatic heterocycles. The zero-order valence-corrected chi connectivity index (χ0v) is 15.9.